The molecule has 0 fully saturated rings. The van der Waals surface area contributed by atoms with Crippen LogP contribution in [0.15, 0.2) is 12.1 Å². The van der Waals surface area contributed by atoms with Crippen molar-refractivity contribution in [3.8, 4) is 17.2 Å². The first-order chi connectivity index (χ1) is 8.96. The van der Waals surface area contributed by atoms with Crippen molar-refractivity contribution in [2.45, 2.75) is 0 Å². The fraction of sp³-hybridized carbons (Fsp3) is 0.462. The largest absolute Gasteiger partial charge is 0.493 e. The van der Waals surface area contributed by atoms with Gasteiger partial charge in [-0.3, -0.25) is 9.80 Å². The number of hydrazine groups is 1. The maximum absolute atomic E-state index is 12.3. The third-order valence-corrected chi connectivity index (χ3v) is 2.81. The molecule has 6 nitrogen and oxygen atoms in total. The predicted molar refractivity (Wildman–Crippen MR) is 71.9 cm³/mol. The number of benzene rings is 1. The molecule has 6 heteroatoms. The van der Waals surface area contributed by atoms with Gasteiger partial charge < -0.3 is 14.2 Å². The first-order valence-corrected chi connectivity index (χ1v) is 5.71. The topological polar surface area (TPSA) is 51.2 Å². The van der Waals surface area contributed by atoms with Crippen molar-refractivity contribution < 1.29 is 19.0 Å². The van der Waals surface area contributed by atoms with Crippen molar-refractivity contribution in [3.05, 3.63) is 17.7 Å². The fourth-order valence-corrected chi connectivity index (χ4v) is 1.57. The van der Waals surface area contributed by atoms with Gasteiger partial charge in [-0.25, -0.2) is 5.01 Å². The van der Waals surface area contributed by atoms with Crippen LogP contribution in [0.2, 0.25) is 0 Å². The molecule has 0 heterocycles. The van der Waals surface area contributed by atoms with Gasteiger partial charge in [-0.15, -0.1) is 0 Å². The average Bonchev–Trinajstić information content (AvgIpc) is 2.43. The Morgan fingerprint density at radius 2 is 1.42 bits per heavy atom. The summed E-state index contributed by atoms with van der Waals surface area (Å²) in [7, 11) is 9.81. The fourth-order valence-electron chi connectivity index (χ4n) is 1.57. The molecule has 1 aromatic rings. The van der Waals surface area contributed by atoms with Crippen LogP contribution in [-0.4, -0.2) is 58.4 Å². The van der Waals surface area contributed by atoms with Gasteiger partial charge in [0.05, 0.1) is 21.3 Å². The third-order valence-electron chi connectivity index (χ3n) is 2.81. The first-order valence-electron chi connectivity index (χ1n) is 5.71. The number of hydrogen-bond acceptors (Lipinski definition) is 5. The standard InChI is InChI=1S/C13H20N2O4/c1-14(2)15(3)13(16)9-7-10(17-4)12(19-6)11(8-9)18-5/h7-8H,1-6H3. The summed E-state index contributed by atoms with van der Waals surface area (Å²) < 4.78 is 15.7. The van der Waals surface area contributed by atoms with Crippen molar-refractivity contribution in [2.24, 2.45) is 0 Å². The van der Waals surface area contributed by atoms with E-state index in [2.05, 4.69) is 0 Å². The quantitative estimate of drug-likeness (QED) is 0.753. The van der Waals surface area contributed by atoms with E-state index in [0.29, 0.717) is 22.8 Å². The van der Waals surface area contributed by atoms with Crippen LogP contribution in [0, 0.1) is 0 Å². The second-order valence-electron chi connectivity index (χ2n) is 4.09. The van der Waals surface area contributed by atoms with E-state index < -0.39 is 0 Å². The lowest BCUT2D eigenvalue weighted by atomic mass is 10.1. The minimum Gasteiger partial charge on any atom is -0.493 e. The third kappa shape index (κ3) is 3.08. The van der Waals surface area contributed by atoms with Crippen LogP contribution in [0.4, 0.5) is 0 Å². The Bertz CT molecular complexity index is 435. The number of rotatable bonds is 5. The number of carbonyl (C=O) groups is 1. The second-order valence-corrected chi connectivity index (χ2v) is 4.09. The predicted octanol–water partition coefficient (Wildman–Crippen LogP) is 1.26. The van der Waals surface area contributed by atoms with E-state index in [-0.39, 0.29) is 5.91 Å². The van der Waals surface area contributed by atoms with Crippen molar-refractivity contribution in [1.82, 2.24) is 10.0 Å². The zero-order chi connectivity index (χ0) is 14.6. The molecule has 0 aromatic heterocycles. The highest BCUT2D eigenvalue weighted by Gasteiger charge is 2.20. The van der Waals surface area contributed by atoms with Crippen LogP contribution in [-0.2, 0) is 0 Å². The molecule has 1 rings (SSSR count). The molecule has 0 unspecified atom stereocenters. The summed E-state index contributed by atoms with van der Waals surface area (Å²) in [5.74, 6) is 1.22. The zero-order valence-corrected chi connectivity index (χ0v) is 12.2. The van der Waals surface area contributed by atoms with Gasteiger partial charge in [0.1, 0.15) is 0 Å². The average molecular weight is 268 g/mol. The van der Waals surface area contributed by atoms with Crippen LogP contribution in [0.25, 0.3) is 0 Å². The van der Waals surface area contributed by atoms with Crippen LogP contribution >= 0.6 is 0 Å². The van der Waals surface area contributed by atoms with Crippen molar-refractivity contribution in [3.63, 3.8) is 0 Å². The summed E-state index contributed by atoms with van der Waals surface area (Å²) in [6, 6.07) is 3.26. The van der Waals surface area contributed by atoms with Gasteiger partial charge >= 0.3 is 0 Å². The van der Waals surface area contributed by atoms with E-state index in [4.69, 9.17) is 14.2 Å². The molecule has 0 radical (unpaired) electrons. The van der Waals surface area contributed by atoms with Crippen molar-refractivity contribution in [2.75, 3.05) is 42.5 Å². The Morgan fingerprint density at radius 1 is 0.947 bits per heavy atom. The lowest BCUT2D eigenvalue weighted by Gasteiger charge is -2.24. The molecule has 0 spiro atoms. The first kappa shape index (κ1) is 15.1. The maximum atomic E-state index is 12.3. The van der Waals surface area contributed by atoms with E-state index in [1.54, 1.807) is 38.3 Å². The summed E-state index contributed by atoms with van der Waals surface area (Å²) in [6.07, 6.45) is 0. The Kier molecular flexibility index (Phi) is 5.00. The van der Waals surface area contributed by atoms with Crippen molar-refractivity contribution in [1.29, 1.82) is 0 Å². The smallest absolute Gasteiger partial charge is 0.268 e. The molecule has 1 aromatic carbocycles. The molecular formula is C13H20N2O4. The lowest BCUT2D eigenvalue weighted by molar-refractivity contribution is 0.0341. The summed E-state index contributed by atoms with van der Waals surface area (Å²) >= 11 is 0. The Hall–Kier alpha value is -1.95. The molecule has 0 saturated heterocycles. The van der Waals surface area contributed by atoms with Gasteiger partial charge in [0, 0.05) is 26.7 Å². The minimum atomic E-state index is -0.163. The highest BCUT2D eigenvalue weighted by Crippen LogP contribution is 2.38. The van der Waals surface area contributed by atoms with Gasteiger partial charge in [-0.2, -0.15) is 0 Å². The molecule has 0 saturated carbocycles. The van der Waals surface area contributed by atoms with Gasteiger partial charge in [0.15, 0.2) is 11.5 Å². The summed E-state index contributed by atoms with van der Waals surface area (Å²) in [4.78, 5) is 12.3. The summed E-state index contributed by atoms with van der Waals surface area (Å²) in [6.45, 7) is 0. The van der Waals surface area contributed by atoms with Crippen LogP contribution in [0.3, 0.4) is 0 Å². The number of hydrogen-bond donors (Lipinski definition) is 0. The normalized spacial score (nSPS) is 10.3. The maximum Gasteiger partial charge on any atom is 0.268 e. The van der Waals surface area contributed by atoms with E-state index in [1.165, 1.54) is 26.3 Å². The van der Waals surface area contributed by atoms with Gasteiger partial charge in [0.2, 0.25) is 5.75 Å². The van der Waals surface area contributed by atoms with Crippen LogP contribution in [0.1, 0.15) is 10.4 Å². The second kappa shape index (κ2) is 6.29. The zero-order valence-electron chi connectivity index (χ0n) is 12.2. The van der Waals surface area contributed by atoms with E-state index >= 15 is 0 Å². The van der Waals surface area contributed by atoms with Crippen LogP contribution in [0.5, 0.6) is 17.2 Å². The van der Waals surface area contributed by atoms with Gasteiger partial charge in [0.25, 0.3) is 5.91 Å². The number of nitrogens with zero attached hydrogens (tertiary/aromatic N) is 2. The summed E-state index contributed by atoms with van der Waals surface area (Å²) in [5, 5.41) is 3.17. The van der Waals surface area contributed by atoms with Crippen molar-refractivity contribution >= 4 is 5.91 Å². The van der Waals surface area contributed by atoms with E-state index in [1.807, 2.05) is 0 Å². The molecule has 0 aliphatic heterocycles. The molecule has 1 amide bonds. The number of methoxy groups -OCH3 is 3. The van der Waals surface area contributed by atoms with E-state index in [0.717, 1.165) is 0 Å². The highest BCUT2D eigenvalue weighted by atomic mass is 16.5. The Morgan fingerprint density at radius 3 is 1.74 bits per heavy atom. The summed E-state index contributed by atoms with van der Waals surface area (Å²) in [5.41, 5.74) is 0.464. The molecule has 106 valence electrons. The van der Waals surface area contributed by atoms with Crippen LogP contribution < -0.4 is 14.2 Å². The van der Waals surface area contributed by atoms with Gasteiger partial charge in [-0.1, -0.05) is 0 Å². The molecule has 0 bridgehead atoms. The molecule has 0 atom stereocenters. The van der Waals surface area contributed by atoms with E-state index in [9.17, 15) is 4.79 Å². The Labute approximate surface area is 113 Å². The lowest BCUT2D eigenvalue weighted by Crippen LogP contribution is -2.38. The van der Waals surface area contributed by atoms with Gasteiger partial charge in [-0.05, 0) is 12.1 Å². The SMILES string of the molecule is COc1cc(C(=O)N(C)N(C)C)cc(OC)c1OC. The molecule has 0 N–H and O–H groups in total. The molecule has 0 aliphatic carbocycles. The molecule has 19 heavy (non-hydrogen) atoms. The molecule has 0 aliphatic rings. The number of ether oxygens (including phenoxy) is 3. The monoisotopic (exact) mass is 268 g/mol. The Balaban J connectivity index is 3.27. The highest BCUT2D eigenvalue weighted by molar-refractivity contribution is 5.95. The number of carbonyl (C=O) groups excluding carboxylic acids is 1. The minimum absolute atomic E-state index is 0.163. The molecular weight excluding hydrogens is 248 g/mol. The number of amides is 1.